The van der Waals surface area contributed by atoms with Crippen LogP contribution in [0.4, 0.5) is 4.79 Å². The van der Waals surface area contributed by atoms with Crippen LogP contribution in [0.3, 0.4) is 0 Å². The molecule has 4 aromatic carbocycles. The van der Waals surface area contributed by atoms with Crippen molar-refractivity contribution in [2.24, 2.45) is 0 Å². The topological polar surface area (TPSA) is 100 Å². The lowest BCUT2D eigenvalue weighted by molar-refractivity contribution is 0.139. The standard InChI is InChI=1S/C38H46N2O5/c41-27-35-25-34(21-22-37(35)44-28-32-13-3-1-4-14-32)36(42)26-39-23-9-7-11-30-17-19-31(20-18-30)12-8-10-24-40-38(43)45-29-33-15-5-2-6-16-33/h1-6,13-22,25,36,39,41-42H,7-12,23-24,26-29H2,(H,40,43)/t36-/m1/s1. The summed E-state index contributed by atoms with van der Waals surface area (Å²) in [5, 5.41) is 26.7. The number of ether oxygens (including phenoxy) is 2. The lowest BCUT2D eigenvalue weighted by Crippen LogP contribution is -2.25. The van der Waals surface area contributed by atoms with E-state index < -0.39 is 6.10 Å². The van der Waals surface area contributed by atoms with Crippen LogP contribution in [0.15, 0.2) is 103 Å². The van der Waals surface area contributed by atoms with Crippen molar-refractivity contribution < 1.29 is 24.5 Å². The van der Waals surface area contributed by atoms with Gasteiger partial charge >= 0.3 is 6.09 Å². The van der Waals surface area contributed by atoms with Crippen molar-refractivity contribution in [2.45, 2.75) is 64.4 Å². The molecule has 1 amide bonds. The molecular formula is C38H46N2O5. The SMILES string of the molecule is O=C(NCCCCc1ccc(CCCCNC[C@@H](O)c2ccc(OCc3ccccc3)c(CO)c2)cc1)OCc1ccccc1. The van der Waals surface area contributed by atoms with Gasteiger partial charge in [0.1, 0.15) is 19.0 Å². The minimum Gasteiger partial charge on any atom is -0.489 e. The highest BCUT2D eigenvalue weighted by Crippen LogP contribution is 2.24. The number of rotatable bonds is 19. The molecular weight excluding hydrogens is 564 g/mol. The molecule has 7 heteroatoms. The fourth-order valence-electron chi connectivity index (χ4n) is 5.03. The number of aliphatic hydroxyl groups excluding tert-OH is 2. The number of benzene rings is 4. The van der Waals surface area contributed by atoms with E-state index in [1.165, 1.54) is 11.1 Å². The van der Waals surface area contributed by atoms with Gasteiger partial charge in [0.2, 0.25) is 0 Å². The molecule has 0 aliphatic heterocycles. The zero-order chi connectivity index (χ0) is 31.5. The highest BCUT2D eigenvalue weighted by atomic mass is 16.5. The van der Waals surface area contributed by atoms with Crippen LogP contribution in [0, 0.1) is 0 Å². The molecule has 4 aromatic rings. The first-order valence-corrected chi connectivity index (χ1v) is 15.9. The molecule has 4 rings (SSSR count). The molecule has 0 spiro atoms. The second-order valence-corrected chi connectivity index (χ2v) is 11.2. The van der Waals surface area contributed by atoms with Gasteiger partial charge in [-0.1, -0.05) is 91.0 Å². The molecule has 45 heavy (non-hydrogen) atoms. The number of amides is 1. The molecule has 1 atom stereocenters. The van der Waals surface area contributed by atoms with Crippen molar-refractivity contribution in [3.63, 3.8) is 0 Å². The predicted octanol–water partition coefficient (Wildman–Crippen LogP) is 6.65. The Morgan fingerprint density at radius 1 is 0.689 bits per heavy atom. The maximum Gasteiger partial charge on any atom is 0.407 e. The van der Waals surface area contributed by atoms with Crippen LogP contribution < -0.4 is 15.4 Å². The first-order chi connectivity index (χ1) is 22.1. The average molecular weight is 611 g/mol. The highest BCUT2D eigenvalue weighted by Gasteiger charge is 2.11. The molecule has 0 aliphatic carbocycles. The number of alkyl carbamates (subject to hydrolysis) is 1. The third kappa shape index (κ3) is 12.4. The van der Waals surface area contributed by atoms with E-state index in [2.05, 4.69) is 34.9 Å². The van der Waals surface area contributed by atoms with Crippen molar-refractivity contribution in [3.05, 3.63) is 137 Å². The molecule has 0 radical (unpaired) electrons. The highest BCUT2D eigenvalue weighted by molar-refractivity contribution is 5.67. The summed E-state index contributed by atoms with van der Waals surface area (Å²) < 4.78 is 11.1. The summed E-state index contributed by atoms with van der Waals surface area (Å²) in [5.41, 5.74) is 6.10. The maximum atomic E-state index is 11.8. The van der Waals surface area contributed by atoms with Crippen molar-refractivity contribution in [2.75, 3.05) is 19.6 Å². The summed E-state index contributed by atoms with van der Waals surface area (Å²) in [6.45, 7) is 2.45. The van der Waals surface area contributed by atoms with Crippen molar-refractivity contribution in [1.29, 1.82) is 0 Å². The van der Waals surface area contributed by atoms with E-state index in [1.807, 2.05) is 78.9 Å². The molecule has 0 aliphatic rings. The molecule has 0 saturated carbocycles. The van der Waals surface area contributed by atoms with Gasteiger partial charge in [-0.25, -0.2) is 4.79 Å². The minimum atomic E-state index is -0.657. The summed E-state index contributed by atoms with van der Waals surface area (Å²) in [6, 6.07) is 33.9. The Hall–Kier alpha value is -4.17. The number of hydrogen-bond donors (Lipinski definition) is 4. The number of aliphatic hydroxyl groups is 2. The van der Waals surface area contributed by atoms with Gasteiger partial charge < -0.3 is 30.3 Å². The molecule has 0 fully saturated rings. The van der Waals surface area contributed by atoms with Crippen LogP contribution in [0.1, 0.15) is 65.2 Å². The van der Waals surface area contributed by atoms with E-state index in [-0.39, 0.29) is 19.3 Å². The minimum absolute atomic E-state index is 0.148. The molecule has 7 nitrogen and oxygen atoms in total. The Balaban J connectivity index is 1.04. The third-order valence-electron chi connectivity index (χ3n) is 7.68. The smallest absolute Gasteiger partial charge is 0.407 e. The summed E-state index contributed by atoms with van der Waals surface area (Å²) in [4.78, 5) is 11.8. The van der Waals surface area contributed by atoms with E-state index in [0.29, 0.717) is 31.0 Å². The number of hydrogen-bond acceptors (Lipinski definition) is 6. The molecule has 4 N–H and O–H groups in total. The van der Waals surface area contributed by atoms with Gasteiger partial charge in [0.25, 0.3) is 0 Å². The summed E-state index contributed by atoms with van der Waals surface area (Å²) >= 11 is 0. The predicted molar refractivity (Wildman–Crippen MR) is 178 cm³/mol. The van der Waals surface area contributed by atoms with Crippen LogP contribution in [0.5, 0.6) is 5.75 Å². The van der Waals surface area contributed by atoms with Gasteiger partial charge in [-0.15, -0.1) is 0 Å². The zero-order valence-electron chi connectivity index (χ0n) is 26.0. The Labute approximate surface area is 267 Å². The molecule has 0 unspecified atom stereocenters. The monoisotopic (exact) mass is 610 g/mol. The number of carbonyl (C=O) groups is 1. The number of carbonyl (C=O) groups excluding carboxylic acids is 1. The largest absolute Gasteiger partial charge is 0.489 e. The number of aryl methyl sites for hydroxylation is 2. The second-order valence-electron chi connectivity index (χ2n) is 11.2. The molecule has 0 bridgehead atoms. The van der Waals surface area contributed by atoms with Gasteiger partial charge in [-0.3, -0.25) is 0 Å². The first-order valence-electron chi connectivity index (χ1n) is 15.9. The van der Waals surface area contributed by atoms with E-state index in [1.54, 1.807) is 0 Å². The van der Waals surface area contributed by atoms with Gasteiger partial charge in [0.05, 0.1) is 12.7 Å². The summed E-state index contributed by atoms with van der Waals surface area (Å²) in [6.07, 6.45) is 4.96. The van der Waals surface area contributed by atoms with Crippen LogP contribution in [0.25, 0.3) is 0 Å². The fraction of sp³-hybridized carbons (Fsp3) is 0.342. The van der Waals surface area contributed by atoms with Crippen LogP contribution in [-0.2, 0) is 37.4 Å². The Morgan fingerprint density at radius 2 is 1.29 bits per heavy atom. The van der Waals surface area contributed by atoms with Gasteiger partial charge in [0, 0.05) is 18.7 Å². The van der Waals surface area contributed by atoms with Gasteiger partial charge in [0.15, 0.2) is 0 Å². The summed E-state index contributed by atoms with van der Waals surface area (Å²) in [5.74, 6) is 0.629. The Morgan fingerprint density at radius 3 is 1.91 bits per heavy atom. The van der Waals surface area contributed by atoms with Crippen molar-refractivity contribution >= 4 is 6.09 Å². The normalized spacial score (nSPS) is 11.6. The van der Waals surface area contributed by atoms with E-state index in [9.17, 15) is 15.0 Å². The Bertz CT molecular complexity index is 1400. The first kappa shape index (κ1) is 33.7. The number of unbranched alkanes of at least 4 members (excludes halogenated alkanes) is 2. The second kappa shape index (κ2) is 19.3. The van der Waals surface area contributed by atoms with Crippen LogP contribution in [0.2, 0.25) is 0 Å². The lowest BCUT2D eigenvalue weighted by atomic mass is 10.0. The third-order valence-corrected chi connectivity index (χ3v) is 7.68. The van der Waals surface area contributed by atoms with E-state index in [4.69, 9.17) is 9.47 Å². The Kier molecular flexibility index (Phi) is 14.4. The molecule has 238 valence electrons. The van der Waals surface area contributed by atoms with E-state index in [0.717, 1.165) is 61.8 Å². The molecule has 0 heterocycles. The van der Waals surface area contributed by atoms with Crippen LogP contribution in [-0.4, -0.2) is 35.9 Å². The lowest BCUT2D eigenvalue weighted by Gasteiger charge is -2.16. The van der Waals surface area contributed by atoms with Crippen LogP contribution >= 0.6 is 0 Å². The van der Waals surface area contributed by atoms with Crippen molar-refractivity contribution in [3.8, 4) is 5.75 Å². The average Bonchev–Trinajstić information content (AvgIpc) is 3.09. The molecule has 0 saturated heterocycles. The zero-order valence-corrected chi connectivity index (χ0v) is 26.0. The fourth-order valence-corrected chi connectivity index (χ4v) is 5.03. The van der Waals surface area contributed by atoms with Gasteiger partial charge in [-0.2, -0.15) is 0 Å². The quantitative estimate of drug-likeness (QED) is 0.0887. The number of nitrogens with one attached hydrogen (secondary N) is 2. The van der Waals surface area contributed by atoms with Gasteiger partial charge in [-0.05, 0) is 85.0 Å². The summed E-state index contributed by atoms with van der Waals surface area (Å²) in [7, 11) is 0. The van der Waals surface area contributed by atoms with Crippen molar-refractivity contribution in [1.82, 2.24) is 10.6 Å². The molecule has 0 aromatic heterocycles. The van der Waals surface area contributed by atoms with E-state index >= 15 is 0 Å². The maximum absolute atomic E-state index is 11.8.